The number of fused-ring (bicyclic) bond motifs is 1. The minimum absolute atomic E-state index is 0.0565. The second kappa shape index (κ2) is 7.27. The Morgan fingerprint density at radius 1 is 1.00 bits per heavy atom. The summed E-state index contributed by atoms with van der Waals surface area (Å²) in [5.41, 5.74) is 1.99. The third-order valence-corrected chi connectivity index (χ3v) is 4.23. The number of hydrogen-bond acceptors (Lipinski definition) is 5. The maximum absolute atomic E-state index is 12.0. The van der Waals surface area contributed by atoms with Crippen molar-refractivity contribution in [1.82, 2.24) is 0 Å². The quantitative estimate of drug-likeness (QED) is 0.389. The van der Waals surface area contributed by atoms with Crippen LogP contribution in [0.3, 0.4) is 0 Å². The first-order valence-corrected chi connectivity index (χ1v) is 8.71. The molecule has 1 aromatic heterocycles. The molecule has 5 heteroatoms. The van der Waals surface area contributed by atoms with Gasteiger partial charge in [-0.3, -0.25) is 0 Å². The van der Waals surface area contributed by atoms with Crippen molar-refractivity contribution in [3.8, 4) is 11.5 Å². The van der Waals surface area contributed by atoms with E-state index in [-0.39, 0.29) is 12.0 Å². The summed E-state index contributed by atoms with van der Waals surface area (Å²) in [6.45, 7) is 8.00. The van der Waals surface area contributed by atoms with E-state index in [2.05, 4.69) is 20.8 Å². The van der Waals surface area contributed by atoms with Crippen LogP contribution in [0.25, 0.3) is 11.0 Å². The predicted molar refractivity (Wildman–Crippen MR) is 103 cm³/mol. The lowest BCUT2D eigenvalue weighted by molar-refractivity contribution is -0.136. The lowest BCUT2D eigenvalue weighted by Crippen LogP contribution is -2.18. The number of hydrogen-bond donors (Lipinski definition) is 0. The van der Waals surface area contributed by atoms with Crippen molar-refractivity contribution in [2.45, 2.75) is 33.1 Å². The molecule has 1 heterocycles. The van der Waals surface area contributed by atoms with Gasteiger partial charge in [-0.15, -0.1) is 0 Å². The van der Waals surface area contributed by atoms with E-state index in [1.54, 1.807) is 12.1 Å². The number of aryl methyl sites for hydroxylation is 1. The van der Waals surface area contributed by atoms with Gasteiger partial charge in [-0.25, -0.2) is 9.59 Å². The van der Waals surface area contributed by atoms with Crippen LogP contribution in [0.5, 0.6) is 11.5 Å². The van der Waals surface area contributed by atoms with Gasteiger partial charge in [0.2, 0.25) is 0 Å². The predicted octanol–water partition coefficient (Wildman–Crippen LogP) is 4.38. The molecule has 0 fully saturated rings. The van der Waals surface area contributed by atoms with Gasteiger partial charge in [0, 0.05) is 17.5 Å². The number of carbonyl (C=O) groups excluding carboxylic acids is 1. The topological polar surface area (TPSA) is 65.7 Å². The molecule has 0 spiro atoms. The van der Waals surface area contributed by atoms with Gasteiger partial charge < -0.3 is 13.9 Å². The van der Waals surface area contributed by atoms with Crippen molar-refractivity contribution in [1.29, 1.82) is 0 Å². The Labute approximate surface area is 157 Å². The van der Waals surface area contributed by atoms with Crippen LogP contribution in [0.1, 0.15) is 31.9 Å². The van der Waals surface area contributed by atoms with E-state index in [1.807, 2.05) is 31.2 Å². The van der Waals surface area contributed by atoms with E-state index in [4.69, 9.17) is 13.9 Å². The molecular weight excluding hydrogens is 344 g/mol. The zero-order valence-electron chi connectivity index (χ0n) is 15.9. The summed E-state index contributed by atoms with van der Waals surface area (Å²) in [6, 6.07) is 14.0. The summed E-state index contributed by atoms with van der Waals surface area (Å²) in [4.78, 5) is 23.5. The van der Waals surface area contributed by atoms with Gasteiger partial charge in [0.1, 0.15) is 17.1 Å². The molecule has 0 saturated carbocycles. The van der Waals surface area contributed by atoms with Crippen LogP contribution in [-0.2, 0) is 10.2 Å². The maximum Gasteiger partial charge on any atom is 0.349 e. The van der Waals surface area contributed by atoms with Gasteiger partial charge in [-0.2, -0.15) is 0 Å². The molecule has 2 aromatic carbocycles. The highest BCUT2D eigenvalue weighted by Gasteiger charge is 2.14. The number of ether oxygens (including phenoxy) is 2. The van der Waals surface area contributed by atoms with Gasteiger partial charge >= 0.3 is 11.6 Å². The highest BCUT2D eigenvalue weighted by molar-refractivity contribution is 5.82. The van der Waals surface area contributed by atoms with E-state index in [9.17, 15) is 9.59 Å². The Balaban J connectivity index is 1.64. The first-order chi connectivity index (χ1) is 12.7. The summed E-state index contributed by atoms with van der Waals surface area (Å²) < 4.78 is 15.9. The first-order valence-electron chi connectivity index (χ1n) is 8.71. The zero-order chi connectivity index (χ0) is 19.6. The van der Waals surface area contributed by atoms with Crippen molar-refractivity contribution in [3.05, 3.63) is 70.1 Å². The van der Waals surface area contributed by atoms with Crippen LogP contribution in [0, 0.1) is 6.92 Å². The molecule has 0 aliphatic heterocycles. The third kappa shape index (κ3) is 4.56. The Kier molecular flexibility index (Phi) is 5.04. The largest absolute Gasteiger partial charge is 0.482 e. The minimum atomic E-state index is -0.538. The highest BCUT2D eigenvalue weighted by atomic mass is 16.6. The van der Waals surface area contributed by atoms with Gasteiger partial charge in [0.15, 0.2) is 6.61 Å². The molecule has 27 heavy (non-hydrogen) atoms. The fourth-order valence-electron chi connectivity index (χ4n) is 2.72. The number of benzene rings is 2. The van der Waals surface area contributed by atoms with Crippen LogP contribution in [0.4, 0.5) is 0 Å². The Morgan fingerprint density at radius 3 is 2.33 bits per heavy atom. The van der Waals surface area contributed by atoms with Gasteiger partial charge in [-0.1, -0.05) is 32.9 Å². The fraction of sp³-hybridized carbons (Fsp3) is 0.273. The van der Waals surface area contributed by atoms with Gasteiger partial charge in [-0.05, 0) is 47.7 Å². The summed E-state index contributed by atoms with van der Waals surface area (Å²) in [7, 11) is 0. The molecule has 140 valence electrons. The van der Waals surface area contributed by atoms with Crippen LogP contribution in [0.15, 0.2) is 57.7 Å². The van der Waals surface area contributed by atoms with Crippen molar-refractivity contribution >= 4 is 16.9 Å². The van der Waals surface area contributed by atoms with E-state index < -0.39 is 11.6 Å². The molecule has 5 nitrogen and oxygen atoms in total. The monoisotopic (exact) mass is 366 g/mol. The molecule has 0 saturated heterocycles. The Morgan fingerprint density at radius 2 is 1.67 bits per heavy atom. The normalized spacial score (nSPS) is 11.4. The highest BCUT2D eigenvalue weighted by Crippen LogP contribution is 2.25. The van der Waals surface area contributed by atoms with Crippen molar-refractivity contribution in [2.24, 2.45) is 0 Å². The van der Waals surface area contributed by atoms with Gasteiger partial charge in [0.25, 0.3) is 0 Å². The molecule has 0 aliphatic rings. The fourth-order valence-corrected chi connectivity index (χ4v) is 2.72. The van der Waals surface area contributed by atoms with Crippen LogP contribution >= 0.6 is 0 Å². The third-order valence-electron chi connectivity index (χ3n) is 4.23. The Hall–Kier alpha value is -3.08. The molecule has 0 aliphatic carbocycles. The summed E-state index contributed by atoms with van der Waals surface area (Å²) in [5, 5.41) is 0.796. The van der Waals surface area contributed by atoms with E-state index >= 15 is 0 Å². The van der Waals surface area contributed by atoms with Gasteiger partial charge in [0.05, 0.1) is 0 Å². The van der Waals surface area contributed by atoms with E-state index in [0.29, 0.717) is 17.1 Å². The molecule has 0 bridgehead atoms. The number of carbonyl (C=O) groups is 1. The maximum atomic E-state index is 12.0. The lowest BCUT2D eigenvalue weighted by atomic mass is 9.87. The molecule has 0 N–H and O–H groups in total. The van der Waals surface area contributed by atoms with Crippen LogP contribution in [-0.4, -0.2) is 12.6 Å². The van der Waals surface area contributed by atoms with E-state index in [1.165, 1.54) is 17.7 Å². The molecule has 0 atom stereocenters. The standard InChI is InChI=1S/C22H22O5/c1-14-11-20(23)27-19-12-17(9-10-18(14)19)26-21(24)13-25-16-7-5-15(6-8-16)22(2,3)4/h5-12H,13H2,1-4H3. The SMILES string of the molecule is Cc1cc(=O)oc2cc(OC(=O)COc3ccc(C(C)(C)C)cc3)ccc12. The number of rotatable bonds is 4. The van der Waals surface area contributed by atoms with Crippen molar-refractivity contribution in [2.75, 3.05) is 6.61 Å². The average molecular weight is 366 g/mol. The molecule has 3 aromatic rings. The van der Waals surface area contributed by atoms with Crippen molar-refractivity contribution < 1.29 is 18.7 Å². The molecule has 0 radical (unpaired) electrons. The molecule has 0 amide bonds. The lowest BCUT2D eigenvalue weighted by Gasteiger charge is -2.19. The second-order valence-electron chi connectivity index (χ2n) is 7.44. The second-order valence-corrected chi connectivity index (χ2v) is 7.44. The number of esters is 1. The molecule has 3 rings (SSSR count). The summed E-state index contributed by atoms with van der Waals surface area (Å²) in [6.07, 6.45) is 0. The summed E-state index contributed by atoms with van der Waals surface area (Å²) in [5.74, 6) is 0.359. The average Bonchev–Trinajstić information content (AvgIpc) is 2.59. The molecule has 0 unspecified atom stereocenters. The molecular formula is C22H22O5. The Bertz CT molecular complexity index is 1020. The van der Waals surface area contributed by atoms with Crippen LogP contribution < -0.4 is 15.1 Å². The first kappa shape index (κ1) is 18.7. The van der Waals surface area contributed by atoms with E-state index in [0.717, 1.165) is 10.9 Å². The van der Waals surface area contributed by atoms with Crippen LogP contribution in [0.2, 0.25) is 0 Å². The minimum Gasteiger partial charge on any atom is -0.482 e. The summed E-state index contributed by atoms with van der Waals surface area (Å²) >= 11 is 0. The van der Waals surface area contributed by atoms with Crippen molar-refractivity contribution in [3.63, 3.8) is 0 Å². The zero-order valence-corrected chi connectivity index (χ0v) is 15.9. The smallest absolute Gasteiger partial charge is 0.349 e.